The summed E-state index contributed by atoms with van der Waals surface area (Å²) in [7, 11) is 0. The quantitative estimate of drug-likeness (QED) is 0.896. The van der Waals surface area contributed by atoms with Crippen molar-refractivity contribution in [3.05, 3.63) is 33.8 Å². The van der Waals surface area contributed by atoms with Crippen molar-refractivity contribution < 1.29 is 23.1 Å². The summed E-state index contributed by atoms with van der Waals surface area (Å²) in [5.74, 6) is -0.668. The highest BCUT2D eigenvalue weighted by Gasteiger charge is 2.38. The first kappa shape index (κ1) is 15.0. The second-order valence-corrected chi connectivity index (χ2v) is 4.59. The Morgan fingerprint density at radius 2 is 2.11 bits per heavy atom. The van der Waals surface area contributed by atoms with Crippen molar-refractivity contribution in [2.24, 2.45) is 0 Å². The van der Waals surface area contributed by atoms with Gasteiger partial charge in [-0.2, -0.15) is 13.2 Å². The van der Waals surface area contributed by atoms with E-state index >= 15 is 0 Å². The number of carbonyl (C=O) groups excluding carboxylic acids is 1. The molecule has 18 heavy (non-hydrogen) atoms. The molecule has 1 unspecified atom stereocenters. The molecular formula is C11H11BrF3NO2. The molecule has 0 radical (unpaired) electrons. The fourth-order valence-electron chi connectivity index (χ4n) is 1.14. The molecule has 1 aromatic rings. The molecule has 0 saturated heterocycles. The third kappa shape index (κ3) is 3.99. The van der Waals surface area contributed by atoms with E-state index in [0.717, 1.165) is 5.56 Å². The maximum absolute atomic E-state index is 12.0. The number of carbonyl (C=O) groups is 1. The van der Waals surface area contributed by atoms with Crippen LogP contribution in [0.2, 0.25) is 0 Å². The summed E-state index contributed by atoms with van der Waals surface area (Å²) in [5, 5.41) is 10.8. The van der Waals surface area contributed by atoms with E-state index in [1.165, 1.54) is 12.1 Å². The molecular weight excluding hydrogens is 315 g/mol. The molecule has 0 heterocycles. The van der Waals surface area contributed by atoms with Gasteiger partial charge in [0.2, 0.25) is 0 Å². The number of hydrogen-bond acceptors (Lipinski definition) is 2. The predicted octanol–water partition coefficient (Wildman–Crippen LogP) is 2.41. The summed E-state index contributed by atoms with van der Waals surface area (Å²) in [6, 6.07) is 4.67. The van der Waals surface area contributed by atoms with Crippen molar-refractivity contribution in [1.82, 2.24) is 5.32 Å². The van der Waals surface area contributed by atoms with Crippen LogP contribution in [0.4, 0.5) is 13.2 Å². The Morgan fingerprint density at radius 1 is 1.50 bits per heavy atom. The SMILES string of the molecule is Cc1ccc(C(=O)NCC(O)C(F)(F)F)cc1Br. The minimum absolute atomic E-state index is 0.224. The lowest BCUT2D eigenvalue weighted by molar-refractivity contribution is -0.201. The van der Waals surface area contributed by atoms with E-state index in [1.807, 2.05) is 12.2 Å². The minimum atomic E-state index is -4.73. The number of alkyl halides is 3. The van der Waals surface area contributed by atoms with Gasteiger partial charge in [0.1, 0.15) is 0 Å². The largest absolute Gasteiger partial charge is 0.416 e. The third-order valence-corrected chi connectivity index (χ3v) is 3.12. The predicted molar refractivity (Wildman–Crippen MR) is 63.3 cm³/mol. The standard InChI is InChI=1S/C11H11BrF3NO2/c1-6-2-3-7(4-8(6)12)10(18)16-5-9(17)11(13,14)15/h2-4,9,17H,5H2,1H3,(H,16,18). The Hall–Kier alpha value is -1.08. The van der Waals surface area contributed by atoms with Crippen molar-refractivity contribution in [2.45, 2.75) is 19.2 Å². The molecule has 1 atom stereocenters. The van der Waals surface area contributed by atoms with Crippen molar-refractivity contribution in [3.63, 3.8) is 0 Å². The highest BCUT2D eigenvalue weighted by molar-refractivity contribution is 9.10. The Morgan fingerprint density at radius 3 is 2.61 bits per heavy atom. The third-order valence-electron chi connectivity index (χ3n) is 2.27. The maximum Gasteiger partial charge on any atom is 0.416 e. The average molecular weight is 326 g/mol. The monoisotopic (exact) mass is 325 g/mol. The zero-order valence-electron chi connectivity index (χ0n) is 9.38. The molecule has 1 aromatic carbocycles. The number of halogens is 4. The highest BCUT2D eigenvalue weighted by Crippen LogP contribution is 2.20. The van der Waals surface area contributed by atoms with Gasteiger partial charge in [0.25, 0.3) is 5.91 Å². The molecule has 0 aliphatic rings. The number of benzene rings is 1. The minimum Gasteiger partial charge on any atom is -0.382 e. The van der Waals surface area contributed by atoms with Gasteiger partial charge in [0, 0.05) is 10.0 Å². The number of aliphatic hydroxyl groups excluding tert-OH is 1. The fraction of sp³-hybridized carbons (Fsp3) is 0.364. The van der Waals surface area contributed by atoms with Crippen molar-refractivity contribution >= 4 is 21.8 Å². The van der Waals surface area contributed by atoms with Crippen molar-refractivity contribution in [1.29, 1.82) is 0 Å². The molecule has 0 aliphatic carbocycles. The van der Waals surface area contributed by atoms with Gasteiger partial charge in [-0.3, -0.25) is 4.79 Å². The summed E-state index contributed by atoms with van der Waals surface area (Å²) in [6.45, 7) is 0.951. The van der Waals surface area contributed by atoms with Gasteiger partial charge in [0.15, 0.2) is 6.10 Å². The number of hydrogen-bond donors (Lipinski definition) is 2. The average Bonchev–Trinajstić information content (AvgIpc) is 2.27. The van der Waals surface area contributed by atoms with Crippen LogP contribution >= 0.6 is 15.9 Å². The van der Waals surface area contributed by atoms with Crippen LogP contribution in [0, 0.1) is 6.92 Å². The van der Waals surface area contributed by atoms with Crippen LogP contribution in [0.15, 0.2) is 22.7 Å². The van der Waals surface area contributed by atoms with Crippen LogP contribution in [0.25, 0.3) is 0 Å². The molecule has 0 fully saturated rings. The van der Waals surface area contributed by atoms with Gasteiger partial charge in [-0.15, -0.1) is 0 Å². The first-order valence-corrected chi connectivity index (χ1v) is 5.80. The van der Waals surface area contributed by atoms with Crippen LogP contribution in [0.3, 0.4) is 0 Å². The van der Waals surface area contributed by atoms with E-state index in [4.69, 9.17) is 5.11 Å². The molecule has 1 rings (SSSR count). The van der Waals surface area contributed by atoms with Gasteiger partial charge in [0.05, 0.1) is 6.54 Å². The number of amides is 1. The van der Waals surface area contributed by atoms with Crippen molar-refractivity contribution in [3.8, 4) is 0 Å². The van der Waals surface area contributed by atoms with Gasteiger partial charge < -0.3 is 10.4 Å². The Bertz CT molecular complexity index is 448. The van der Waals surface area contributed by atoms with E-state index in [2.05, 4.69) is 15.9 Å². The maximum atomic E-state index is 12.0. The zero-order valence-corrected chi connectivity index (χ0v) is 11.0. The summed E-state index contributed by atoms with van der Waals surface area (Å²) in [6.07, 6.45) is -7.29. The number of rotatable bonds is 3. The lowest BCUT2D eigenvalue weighted by Crippen LogP contribution is -2.40. The zero-order chi connectivity index (χ0) is 13.9. The molecule has 100 valence electrons. The van der Waals surface area contributed by atoms with Crippen LogP contribution in [-0.2, 0) is 0 Å². The Kier molecular flexibility index (Phi) is 4.75. The summed E-state index contributed by atoms with van der Waals surface area (Å²) in [5.41, 5.74) is 1.13. The van der Waals surface area contributed by atoms with Crippen LogP contribution < -0.4 is 5.32 Å². The first-order valence-electron chi connectivity index (χ1n) is 5.01. The van der Waals surface area contributed by atoms with E-state index in [-0.39, 0.29) is 5.56 Å². The lowest BCUT2D eigenvalue weighted by atomic mass is 10.1. The number of nitrogens with one attached hydrogen (secondary N) is 1. The molecule has 0 aliphatic heterocycles. The van der Waals surface area contributed by atoms with E-state index in [9.17, 15) is 18.0 Å². The Labute approximate surface area is 110 Å². The Balaban J connectivity index is 2.63. The molecule has 2 N–H and O–H groups in total. The molecule has 0 bridgehead atoms. The summed E-state index contributed by atoms with van der Waals surface area (Å²) >= 11 is 3.22. The van der Waals surface area contributed by atoms with Gasteiger partial charge in [-0.1, -0.05) is 22.0 Å². The van der Waals surface area contributed by atoms with E-state index in [1.54, 1.807) is 6.07 Å². The number of aryl methyl sites for hydroxylation is 1. The normalized spacial score (nSPS) is 13.2. The van der Waals surface area contributed by atoms with Gasteiger partial charge >= 0.3 is 6.18 Å². The van der Waals surface area contributed by atoms with Gasteiger partial charge in [-0.25, -0.2) is 0 Å². The van der Waals surface area contributed by atoms with Crippen LogP contribution in [0.1, 0.15) is 15.9 Å². The highest BCUT2D eigenvalue weighted by atomic mass is 79.9. The smallest absolute Gasteiger partial charge is 0.382 e. The topological polar surface area (TPSA) is 49.3 Å². The second-order valence-electron chi connectivity index (χ2n) is 3.73. The van der Waals surface area contributed by atoms with Crippen LogP contribution in [-0.4, -0.2) is 29.8 Å². The van der Waals surface area contributed by atoms with E-state index < -0.39 is 24.7 Å². The number of aliphatic hydroxyl groups is 1. The summed E-state index contributed by atoms with van der Waals surface area (Å²) < 4.78 is 36.7. The van der Waals surface area contributed by atoms with Crippen LogP contribution in [0.5, 0.6) is 0 Å². The lowest BCUT2D eigenvalue weighted by Gasteiger charge is -2.15. The van der Waals surface area contributed by atoms with Gasteiger partial charge in [-0.05, 0) is 24.6 Å². The molecule has 1 amide bonds. The molecule has 0 saturated carbocycles. The van der Waals surface area contributed by atoms with Crippen molar-refractivity contribution in [2.75, 3.05) is 6.54 Å². The fourth-order valence-corrected chi connectivity index (χ4v) is 1.52. The first-order chi connectivity index (χ1) is 8.21. The molecule has 7 heteroatoms. The van der Waals surface area contributed by atoms with E-state index in [0.29, 0.717) is 4.47 Å². The molecule has 0 spiro atoms. The summed E-state index contributed by atoms with van der Waals surface area (Å²) in [4.78, 5) is 11.5. The second kappa shape index (κ2) is 5.71. The molecule has 3 nitrogen and oxygen atoms in total. The molecule has 0 aromatic heterocycles.